The molecule has 2 heterocycles. The number of carbonyl (C=O) groups excluding carboxylic acids is 3. The van der Waals surface area contributed by atoms with E-state index in [4.69, 9.17) is 4.98 Å². The summed E-state index contributed by atoms with van der Waals surface area (Å²) in [5.74, 6) is -1.17. The van der Waals surface area contributed by atoms with Gasteiger partial charge in [-0.25, -0.2) is 4.98 Å². The fourth-order valence-corrected chi connectivity index (χ4v) is 5.11. The van der Waals surface area contributed by atoms with Gasteiger partial charge in [-0.15, -0.1) is 0 Å². The van der Waals surface area contributed by atoms with Gasteiger partial charge in [0.05, 0.1) is 21.3 Å². The first-order valence-corrected chi connectivity index (χ1v) is 12.0. The van der Waals surface area contributed by atoms with E-state index in [1.54, 1.807) is 29.2 Å². The van der Waals surface area contributed by atoms with Crippen LogP contribution in [0.3, 0.4) is 0 Å². The summed E-state index contributed by atoms with van der Waals surface area (Å²) in [5, 5.41) is 0.590. The quantitative estimate of drug-likeness (QED) is 0.473. The summed E-state index contributed by atoms with van der Waals surface area (Å²) in [6, 6.07) is 10.8. The van der Waals surface area contributed by atoms with E-state index < -0.39 is 11.8 Å². The van der Waals surface area contributed by atoms with Crippen molar-refractivity contribution in [2.75, 3.05) is 37.6 Å². The van der Waals surface area contributed by atoms with Crippen molar-refractivity contribution < 1.29 is 14.4 Å². The van der Waals surface area contributed by atoms with Crippen LogP contribution in [0.5, 0.6) is 0 Å². The first kappa shape index (κ1) is 23.1. The zero-order valence-electron chi connectivity index (χ0n) is 19.4. The number of rotatable bonds is 8. The van der Waals surface area contributed by atoms with Crippen molar-refractivity contribution >= 4 is 44.4 Å². The van der Waals surface area contributed by atoms with Gasteiger partial charge in [0.2, 0.25) is 5.91 Å². The molecule has 0 bridgehead atoms. The van der Waals surface area contributed by atoms with Crippen molar-refractivity contribution in [2.45, 2.75) is 27.7 Å². The zero-order chi connectivity index (χ0) is 23.7. The number of nitrogens with zero attached hydrogens (tertiary/aromatic N) is 4. The lowest BCUT2D eigenvalue weighted by atomic mass is 10.1. The largest absolute Gasteiger partial charge is 0.302 e. The van der Waals surface area contributed by atoms with Crippen LogP contribution in [0.1, 0.15) is 45.7 Å². The molecule has 0 saturated heterocycles. The lowest BCUT2D eigenvalue weighted by molar-refractivity contribution is -0.119. The van der Waals surface area contributed by atoms with Gasteiger partial charge in [0.1, 0.15) is 6.54 Å². The molecule has 7 nitrogen and oxygen atoms in total. The lowest BCUT2D eigenvalue weighted by Gasteiger charge is -2.26. The number of benzene rings is 2. The van der Waals surface area contributed by atoms with E-state index in [0.717, 1.165) is 39.3 Å². The van der Waals surface area contributed by atoms with Crippen LogP contribution in [0.2, 0.25) is 0 Å². The Labute approximate surface area is 197 Å². The molecular formula is C25H28N4O3S. The van der Waals surface area contributed by atoms with Gasteiger partial charge in [-0.1, -0.05) is 43.4 Å². The van der Waals surface area contributed by atoms with Gasteiger partial charge in [0.15, 0.2) is 5.13 Å². The van der Waals surface area contributed by atoms with Crippen molar-refractivity contribution in [3.05, 3.63) is 58.7 Å². The van der Waals surface area contributed by atoms with E-state index in [2.05, 4.69) is 24.8 Å². The molecule has 1 aliphatic rings. The molecule has 8 heteroatoms. The maximum absolute atomic E-state index is 13.5. The zero-order valence-corrected chi connectivity index (χ0v) is 20.2. The van der Waals surface area contributed by atoms with Crippen LogP contribution in [0, 0.1) is 13.8 Å². The van der Waals surface area contributed by atoms with E-state index >= 15 is 0 Å². The molecule has 0 spiro atoms. The average molecular weight is 465 g/mol. The second-order valence-corrected chi connectivity index (χ2v) is 9.17. The minimum Gasteiger partial charge on any atom is -0.302 e. The predicted octanol–water partition coefficient (Wildman–Crippen LogP) is 3.88. The normalized spacial score (nSPS) is 13.3. The van der Waals surface area contributed by atoms with Gasteiger partial charge >= 0.3 is 0 Å². The van der Waals surface area contributed by atoms with Gasteiger partial charge in [-0.3, -0.25) is 24.2 Å². The average Bonchev–Trinajstić information content (AvgIpc) is 3.35. The fourth-order valence-electron chi connectivity index (χ4n) is 4.04. The molecule has 0 saturated carbocycles. The number of aromatic nitrogens is 1. The highest BCUT2D eigenvalue weighted by atomic mass is 32.1. The van der Waals surface area contributed by atoms with Gasteiger partial charge in [-0.05, 0) is 56.3 Å². The maximum Gasteiger partial charge on any atom is 0.262 e. The Kier molecular flexibility index (Phi) is 6.58. The van der Waals surface area contributed by atoms with E-state index in [-0.39, 0.29) is 12.5 Å². The highest BCUT2D eigenvalue weighted by Crippen LogP contribution is 2.32. The number of amides is 3. The van der Waals surface area contributed by atoms with Crippen molar-refractivity contribution in [3.8, 4) is 0 Å². The predicted molar refractivity (Wildman–Crippen MR) is 131 cm³/mol. The third-order valence-corrected chi connectivity index (χ3v) is 7.35. The number of imide groups is 1. The first-order valence-electron chi connectivity index (χ1n) is 11.2. The number of likely N-dealkylation sites (N-methyl/N-ethyl adjacent to an activating group) is 1. The van der Waals surface area contributed by atoms with Crippen LogP contribution in [-0.4, -0.2) is 65.2 Å². The van der Waals surface area contributed by atoms with Crippen LogP contribution in [0.15, 0.2) is 36.4 Å². The molecule has 0 aliphatic carbocycles. The Morgan fingerprint density at radius 1 is 0.970 bits per heavy atom. The number of anilines is 1. The van der Waals surface area contributed by atoms with Gasteiger partial charge in [-0.2, -0.15) is 0 Å². The van der Waals surface area contributed by atoms with E-state index in [1.807, 2.05) is 19.9 Å². The summed E-state index contributed by atoms with van der Waals surface area (Å²) in [5.41, 5.74) is 3.81. The third-order valence-electron chi connectivity index (χ3n) is 6.31. The first-order chi connectivity index (χ1) is 15.8. The summed E-state index contributed by atoms with van der Waals surface area (Å²) in [7, 11) is 0. The second kappa shape index (κ2) is 9.41. The molecule has 0 unspecified atom stereocenters. The summed E-state index contributed by atoms with van der Waals surface area (Å²) in [4.78, 5) is 48.8. The van der Waals surface area contributed by atoms with E-state index in [9.17, 15) is 14.4 Å². The van der Waals surface area contributed by atoms with Crippen LogP contribution in [0.4, 0.5) is 5.13 Å². The minimum absolute atomic E-state index is 0.307. The second-order valence-electron chi connectivity index (χ2n) is 8.16. The molecule has 1 aromatic heterocycles. The molecule has 1 aliphatic heterocycles. The number of hydrogen-bond acceptors (Lipinski definition) is 6. The molecule has 2 aromatic carbocycles. The molecular weight excluding hydrogens is 436 g/mol. The molecule has 33 heavy (non-hydrogen) atoms. The number of aryl methyl sites for hydroxylation is 2. The molecule has 3 aromatic rings. The number of carbonyl (C=O) groups is 3. The van der Waals surface area contributed by atoms with Gasteiger partial charge in [0, 0.05) is 13.1 Å². The van der Waals surface area contributed by atoms with Gasteiger partial charge in [0.25, 0.3) is 11.8 Å². The molecule has 4 rings (SSSR count). The minimum atomic E-state index is -0.427. The number of fused-ring (bicyclic) bond motifs is 2. The van der Waals surface area contributed by atoms with Crippen molar-refractivity contribution in [1.29, 1.82) is 0 Å². The summed E-state index contributed by atoms with van der Waals surface area (Å²) >= 11 is 1.46. The number of thiazole rings is 1. The monoisotopic (exact) mass is 464 g/mol. The van der Waals surface area contributed by atoms with E-state index in [0.29, 0.717) is 29.3 Å². The van der Waals surface area contributed by atoms with Crippen LogP contribution in [-0.2, 0) is 4.79 Å². The Balaban J connectivity index is 1.64. The fraction of sp³-hybridized carbons (Fsp3) is 0.360. The molecule has 0 fully saturated rings. The molecule has 0 radical (unpaired) electrons. The van der Waals surface area contributed by atoms with Crippen LogP contribution < -0.4 is 4.90 Å². The summed E-state index contributed by atoms with van der Waals surface area (Å²) in [6.07, 6.45) is 0. The smallest absolute Gasteiger partial charge is 0.262 e. The topological polar surface area (TPSA) is 73.8 Å². The Bertz CT molecular complexity index is 1200. The molecule has 3 amide bonds. The highest BCUT2D eigenvalue weighted by Gasteiger charge is 2.37. The van der Waals surface area contributed by atoms with Crippen molar-refractivity contribution in [1.82, 2.24) is 14.8 Å². The SMILES string of the molecule is CCN(CC)CCN(C(=O)CN1C(=O)c2ccccc2C1=O)c1nc2c(C)c(C)ccc2s1. The Morgan fingerprint density at radius 2 is 1.61 bits per heavy atom. The standard InChI is InChI=1S/C25H28N4O3S/c1-5-27(6-2)13-14-28(25-26-22-17(4)16(3)11-12-20(22)33-25)21(30)15-29-23(31)18-9-7-8-10-19(18)24(29)32/h7-12H,5-6,13-15H2,1-4H3. The molecule has 0 N–H and O–H groups in total. The van der Waals surface area contributed by atoms with Crippen molar-refractivity contribution in [2.24, 2.45) is 0 Å². The Morgan fingerprint density at radius 3 is 2.21 bits per heavy atom. The maximum atomic E-state index is 13.5. The van der Waals surface area contributed by atoms with Crippen molar-refractivity contribution in [3.63, 3.8) is 0 Å². The summed E-state index contributed by atoms with van der Waals surface area (Å²) < 4.78 is 1.01. The van der Waals surface area contributed by atoms with Gasteiger partial charge < -0.3 is 4.90 Å². The van der Waals surface area contributed by atoms with Crippen LogP contribution in [0.25, 0.3) is 10.2 Å². The van der Waals surface area contributed by atoms with E-state index in [1.165, 1.54) is 11.3 Å². The lowest BCUT2D eigenvalue weighted by Crippen LogP contribution is -2.45. The molecule has 172 valence electrons. The Hall–Kier alpha value is -3.10. The summed E-state index contributed by atoms with van der Waals surface area (Å²) in [6.45, 7) is 10.8. The number of hydrogen-bond donors (Lipinski definition) is 0. The molecule has 0 atom stereocenters. The van der Waals surface area contributed by atoms with Crippen LogP contribution >= 0.6 is 11.3 Å². The third kappa shape index (κ3) is 4.28. The highest BCUT2D eigenvalue weighted by molar-refractivity contribution is 7.22.